The first kappa shape index (κ1) is 10.3. The summed E-state index contributed by atoms with van der Waals surface area (Å²) < 4.78 is 0. The molecule has 2 nitrogen and oxygen atoms in total. The van der Waals surface area contributed by atoms with Crippen molar-refractivity contribution in [2.24, 2.45) is 0 Å². The summed E-state index contributed by atoms with van der Waals surface area (Å²) in [5.74, 6) is 0.845. The highest BCUT2D eigenvalue weighted by Gasteiger charge is 2.20. The van der Waals surface area contributed by atoms with Gasteiger partial charge in [0.05, 0.1) is 0 Å². The summed E-state index contributed by atoms with van der Waals surface area (Å²) in [4.78, 5) is 0. The molecule has 1 aromatic carbocycles. The number of phenolic OH excluding ortho intramolecular Hbond substituents is 2. The molecule has 82 valence electrons. The van der Waals surface area contributed by atoms with Crippen molar-refractivity contribution in [3.8, 4) is 11.5 Å². The van der Waals surface area contributed by atoms with Gasteiger partial charge in [0.2, 0.25) is 0 Å². The van der Waals surface area contributed by atoms with E-state index in [0.29, 0.717) is 5.92 Å². The van der Waals surface area contributed by atoms with Gasteiger partial charge < -0.3 is 10.2 Å². The number of hydrogen-bond donors (Lipinski definition) is 2. The van der Waals surface area contributed by atoms with Gasteiger partial charge in [0.15, 0.2) is 0 Å². The Hall–Kier alpha value is -1.18. The van der Waals surface area contributed by atoms with E-state index in [1.807, 2.05) is 0 Å². The highest BCUT2D eigenvalue weighted by molar-refractivity contribution is 5.45. The van der Waals surface area contributed by atoms with Crippen LogP contribution in [0.25, 0.3) is 0 Å². The topological polar surface area (TPSA) is 40.5 Å². The number of benzene rings is 1. The highest BCUT2D eigenvalue weighted by Crippen LogP contribution is 2.40. The maximum Gasteiger partial charge on any atom is 0.122 e. The number of phenols is 2. The van der Waals surface area contributed by atoms with Crippen molar-refractivity contribution < 1.29 is 10.2 Å². The second kappa shape index (κ2) is 4.56. The molecule has 0 saturated heterocycles. The molecule has 0 radical (unpaired) electrons. The van der Waals surface area contributed by atoms with Crippen LogP contribution in [0.15, 0.2) is 18.2 Å². The maximum absolute atomic E-state index is 9.78. The molecule has 1 saturated carbocycles. The molecule has 15 heavy (non-hydrogen) atoms. The van der Waals surface area contributed by atoms with Crippen molar-refractivity contribution in [2.75, 3.05) is 0 Å². The average Bonchev–Trinajstić information content (AvgIpc) is 2.46. The molecule has 2 rings (SSSR count). The average molecular weight is 206 g/mol. The van der Waals surface area contributed by atoms with Crippen molar-refractivity contribution in [3.05, 3.63) is 23.8 Å². The van der Waals surface area contributed by atoms with Gasteiger partial charge in [-0.3, -0.25) is 0 Å². The van der Waals surface area contributed by atoms with Crippen molar-refractivity contribution >= 4 is 0 Å². The van der Waals surface area contributed by atoms with Gasteiger partial charge in [-0.25, -0.2) is 0 Å². The van der Waals surface area contributed by atoms with Crippen molar-refractivity contribution in [2.45, 2.75) is 44.4 Å². The fraction of sp³-hybridized carbons (Fsp3) is 0.538. The number of hydrogen-bond acceptors (Lipinski definition) is 2. The Morgan fingerprint density at radius 3 is 1.93 bits per heavy atom. The molecule has 1 aromatic rings. The normalized spacial score (nSPS) is 18.7. The van der Waals surface area contributed by atoms with E-state index in [-0.39, 0.29) is 11.5 Å². The Balaban J connectivity index is 2.26. The third kappa shape index (κ3) is 2.25. The van der Waals surface area contributed by atoms with Crippen LogP contribution in [0.1, 0.15) is 50.0 Å². The molecular weight excluding hydrogens is 188 g/mol. The Morgan fingerprint density at radius 2 is 1.40 bits per heavy atom. The van der Waals surface area contributed by atoms with E-state index < -0.39 is 0 Å². The summed E-state index contributed by atoms with van der Waals surface area (Å²) in [5, 5.41) is 19.6. The molecule has 0 bridgehead atoms. The van der Waals surface area contributed by atoms with Gasteiger partial charge in [0.25, 0.3) is 0 Å². The molecule has 1 fully saturated rings. The Bertz CT molecular complexity index is 305. The fourth-order valence-corrected chi connectivity index (χ4v) is 2.53. The summed E-state index contributed by atoms with van der Waals surface area (Å²) in [6.45, 7) is 0. The molecule has 2 N–H and O–H groups in total. The van der Waals surface area contributed by atoms with Gasteiger partial charge in [0, 0.05) is 5.56 Å². The van der Waals surface area contributed by atoms with Gasteiger partial charge in [0.1, 0.15) is 11.5 Å². The zero-order chi connectivity index (χ0) is 10.7. The van der Waals surface area contributed by atoms with Gasteiger partial charge in [-0.05, 0) is 30.9 Å². The van der Waals surface area contributed by atoms with Gasteiger partial charge in [-0.15, -0.1) is 0 Å². The quantitative estimate of drug-likeness (QED) is 0.690. The zero-order valence-corrected chi connectivity index (χ0v) is 8.95. The van der Waals surface area contributed by atoms with Crippen LogP contribution in [0, 0.1) is 0 Å². The molecular formula is C13H18O2. The van der Waals surface area contributed by atoms with Gasteiger partial charge >= 0.3 is 0 Å². The molecule has 0 atom stereocenters. The summed E-state index contributed by atoms with van der Waals surface area (Å²) in [6.07, 6.45) is 7.16. The van der Waals surface area contributed by atoms with Crippen LogP contribution in [0.5, 0.6) is 11.5 Å². The van der Waals surface area contributed by atoms with Crippen molar-refractivity contribution in [3.63, 3.8) is 0 Å². The van der Waals surface area contributed by atoms with Gasteiger partial charge in [-0.2, -0.15) is 0 Å². The minimum absolute atomic E-state index is 0.252. The van der Waals surface area contributed by atoms with Crippen LogP contribution >= 0.6 is 0 Å². The second-order valence-electron chi connectivity index (χ2n) is 4.40. The molecule has 2 heteroatoms. The first-order valence-corrected chi connectivity index (χ1v) is 5.80. The lowest BCUT2D eigenvalue weighted by Crippen LogP contribution is -1.98. The monoisotopic (exact) mass is 206 g/mol. The Kier molecular flexibility index (Phi) is 3.14. The molecule has 0 unspecified atom stereocenters. The van der Waals surface area contributed by atoms with Crippen LogP contribution in [0.3, 0.4) is 0 Å². The molecule has 0 amide bonds. The first-order chi connectivity index (χ1) is 7.29. The first-order valence-electron chi connectivity index (χ1n) is 5.80. The SMILES string of the molecule is Oc1cccc(O)c1C1CCCCCC1. The highest BCUT2D eigenvalue weighted by atomic mass is 16.3. The summed E-state index contributed by atoms with van der Waals surface area (Å²) in [6, 6.07) is 5.02. The minimum Gasteiger partial charge on any atom is -0.508 e. The van der Waals surface area contributed by atoms with E-state index in [1.165, 1.54) is 25.7 Å². The van der Waals surface area contributed by atoms with E-state index in [1.54, 1.807) is 18.2 Å². The predicted octanol–water partition coefficient (Wildman–Crippen LogP) is 3.54. The maximum atomic E-state index is 9.78. The van der Waals surface area contributed by atoms with Crippen LogP contribution in [-0.4, -0.2) is 10.2 Å². The largest absolute Gasteiger partial charge is 0.508 e. The predicted molar refractivity (Wildman–Crippen MR) is 60.2 cm³/mol. The molecule has 1 aliphatic carbocycles. The lowest BCUT2D eigenvalue weighted by molar-refractivity contribution is 0.419. The molecule has 0 aliphatic heterocycles. The van der Waals surface area contributed by atoms with E-state index in [9.17, 15) is 10.2 Å². The van der Waals surface area contributed by atoms with Crippen LogP contribution in [-0.2, 0) is 0 Å². The second-order valence-corrected chi connectivity index (χ2v) is 4.40. The molecule has 0 aromatic heterocycles. The van der Waals surface area contributed by atoms with E-state index in [0.717, 1.165) is 18.4 Å². The van der Waals surface area contributed by atoms with E-state index >= 15 is 0 Å². The van der Waals surface area contributed by atoms with E-state index in [2.05, 4.69) is 0 Å². The lowest BCUT2D eigenvalue weighted by Gasteiger charge is -2.17. The summed E-state index contributed by atoms with van der Waals surface area (Å²) >= 11 is 0. The third-order valence-electron chi connectivity index (χ3n) is 3.32. The zero-order valence-electron chi connectivity index (χ0n) is 8.95. The number of rotatable bonds is 1. The Labute approximate surface area is 90.6 Å². The van der Waals surface area contributed by atoms with Crippen LogP contribution < -0.4 is 0 Å². The molecule has 1 aliphatic rings. The summed E-state index contributed by atoms with van der Waals surface area (Å²) in [7, 11) is 0. The van der Waals surface area contributed by atoms with E-state index in [4.69, 9.17) is 0 Å². The van der Waals surface area contributed by atoms with Gasteiger partial charge in [-0.1, -0.05) is 31.7 Å². The van der Waals surface area contributed by atoms with Crippen molar-refractivity contribution in [1.82, 2.24) is 0 Å². The van der Waals surface area contributed by atoms with Crippen LogP contribution in [0.2, 0.25) is 0 Å². The van der Waals surface area contributed by atoms with Crippen molar-refractivity contribution in [1.29, 1.82) is 0 Å². The fourth-order valence-electron chi connectivity index (χ4n) is 2.53. The minimum atomic E-state index is 0.252. The molecule has 0 spiro atoms. The standard InChI is InChI=1S/C13H18O2/c14-11-8-5-9-12(15)13(11)10-6-3-1-2-4-7-10/h5,8-10,14-15H,1-4,6-7H2. The smallest absolute Gasteiger partial charge is 0.122 e. The molecule has 0 heterocycles. The lowest BCUT2D eigenvalue weighted by atomic mass is 9.90. The van der Waals surface area contributed by atoms with Crippen LogP contribution in [0.4, 0.5) is 0 Å². The third-order valence-corrected chi connectivity index (χ3v) is 3.32. The number of aromatic hydroxyl groups is 2. The Morgan fingerprint density at radius 1 is 0.867 bits per heavy atom. The summed E-state index contributed by atoms with van der Waals surface area (Å²) in [5.41, 5.74) is 0.763.